The molecule has 1 fully saturated rings. The Morgan fingerprint density at radius 3 is 2.67 bits per heavy atom. The molecule has 0 atom stereocenters. The van der Waals surface area contributed by atoms with Gasteiger partial charge in [-0.2, -0.15) is 0 Å². The van der Waals surface area contributed by atoms with E-state index in [1.807, 2.05) is 6.08 Å². The highest BCUT2D eigenvalue weighted by Gasteiger charge is 2.11. The van der Waals surface area contributed by atoms with Crippen LogP contribution in [0.1, 0.15) is 16.7 Å². The molecule has 0 unspecified atom stereocenters. The van der Waals surface area contributed by atoms with Crippen LogP contribution in [0.2, 0.25) is 0 Å². The minimum absolute atomic E-state index is 0. The molecule has 0 saturated carbocycles. The van der Waals surface area contributed by atoms with Crippen molar-refractivity contribution in [1.29, 1.82) is 0 Å². The molecule has 1 aliphatic heterocycles. The number of nitrogens with zero attached hydrogens (tertiary/aromatic N) is 1. The molecule has 1 aliphatic rings. The van der Waals surface area contributed by atoms with Gasteiger partial charge in [-0.05, 0) is 31.4 Å². The van der Waals surface area contributed by atoms with Crippen LogP contribution >= 0.6 is 12.4 Å². The van der Waals surface area contributed by atoms with Crippen molar-refractivity contribution in [2.45, 2.75) is 20.3 Å². The summed E-state index contributed by atoms with van der Waals surface area (Å²) in [7, 11) is 0. The number of allylic oxidation sites excluding steroid dienone is 1. The molecule has 2 rings (SSSR count). The van der Waals surface area contributed by atoms with Gasteiger partial charge in [-0.25, -0.2) is 0 Å². The van der Waals surface area contributed by atoms with E-state index < -0.39 is 0 Å². The van der Waals surface area contributed by atoms with E-state index in [1.165, 1.54) is 16.7 Å². The van der Waals surface area contributed by atoms with E-state index in [1.54, 1.807) is 0 Å². The van der Waals surface area contributed by atoms with Crippen molar-refractivity contribution < 1.29 is 9.47 Å². The Hall–Kier alpha value is -1.03. The van der Waals surface area contributed by atoms with E-state index in [4.69, 9.17) is 9.47 Å². The Balaban J connectivity index is 0.00000220. The molecule has 0 radical (unpaired) electrons. The number of ether oxygens (including phenoxy) is 2. The normalized spacial score (nSPS) is 15.3. The molecule has 0 amide bonds. The van der Waals surface area contributed by atoms with Crippen LogP contribution in [-0.4, -0.2) is 44.4 Å². The topological polar surface area (TPSA) is 21.7 Å². The smallest absolute Gasteiger partial charge is 0.125 e. The number of hydrogen-bond acceptors (Lipinski definition) is 3. The minimum Gasteiger partial charge on any atom is -0.492 e. The van der Waals surface area contributed by atoms with E-state index in [0.717, 1.165) is 51.6 Å². The highest BCUT2D eigenvalue weighted by atomic mass is 35.5. The Labute approximate surface area is 134 Å². The average molecular weight is 312 g/mol. The maximum atomic E-state index is 6.05. The highest BCUT2D eigenvalue weighted by molar-refractivity contribution is 5.85. The second-order valence-electron chi connectivity index (χ2n) is 5.37. The van der Waals surface area contributed by atoms with Gasteiger partial charge in [0.1, 0.15) is 12.4 Å². The van der Waals surface area contributed by atoms with Gasteiger partial charge in [0, 0.05) is 19.6 Å². The van der Waals surface area contributed by atoms with Crippen molar-refractivity contribution in [3.05, 3.63) is 41.5 Å². The van der Waals surface area contributed by atoms with Crippen molar-refractivity contribution in [3.8, 4) is 5.75 Å². The Bertz CT molecular complexity index is 456. The summed E-state index contributed by atoms with van der Waals surface area (Å²) in [4.78, 5) is 2.39. The number of rotatable bonds is 6. The number of halogens is 1. The quantitative estimate of drug-likeness (QED) is 0.753. The van der Waals surface area contributed by atoms with Crippen molar-refractivity contribution in [1.82, 2.24) is 4.90 Å². The fourth-order valence-electron chi connectivity index (χ4n) is 2.66. The van der Waals surface area contributed by atoms with Gasteiger partial charge in [0.2, 0.25) is 0 Å². The molecular weight excluding hydrogens is 286 g/mol. The first kappa shape index (κ1) is 18.0. The Morgan fingerprint density at radius 1 is 1.29 bits per heavy atom. The summed E-state index contributed by atoms with van der Waals surface area (Å²) < 4.78 is 11.4. The molecule has 1 aromatic rings. The summed E-state index contributed by atoms with van der Waals surface area (Å²) in [6, 6.07) is 4.37. The second-order valence-corrected chi connectivity index (χ2v) is 5.37. The van der Waals surface area contributed by atoms with Crippen LogP contribution in [0.5, 0.6) is 5.75 Å². The van der Waals surface area contributed by atoms with E-state index in [-0.39, 0.29) is 12.4 Å². The number of morpholine rings is 1. The first-order chi connectivity index (χ1) is 9.70. The lowest BCUT2D eigenvalue weighted by atomic mass is 10.0. The van der Waals surface area contributed by atoms with Crippen molar-refractivity contribution in [2.75, 3.05) is 39.5 Å². The molecule has 118 valence electrons. The molecule has 0 spiro atoms. The monoisotopic (exact) mass is 311 g/mol. The zero-order valence-corrected chi connectivity index (χ0v) is 13.9. The van der Waals surface area contributed by atoms with E-state index in [2.05, 4.69) is 37.5 Å². The average Bonchev–Trinajstić information content (AvgIpc) is 2.43. The van der Waals surface area contributed by atoms with E-state index >= 15 is 0 Å². The van der Waals surface area contributed by atoms with Crippen LogP contribution in [0.25, 0.3) is 0 Å². The molecule has 1 saturated heterocycles. The van der Waals surface area contributed by atoms with Gasteiger partial charge in [-0.15, -0.1) is 19.0 Å². The standard InChI is InChI=1S/C17H25NO2.ClH/c1-4-5-16-13-14(2)12-15(3)17(16)20-11-8-18-6-9-19-10-7-18;/h4,12-13H,1,5-11H2,2-3H3;1H. The molecule has 1 heterocycles. The van der Waals surface area contributed by atoms with Gasteiger partial charge >= 0.3 is 0 Å². The van der Waals surface area contributed by atoms with Gasteiger partial charge in [0.25, 0.3) is 0 Å². The fraction of sp³-hybridized carbons (Fsp3) is 0.529. The minimum atomic E-state index is 0. The molecule has 0 N–H and O–H groups in total. The van der Waals surface area contributed by atoms with Crippen molar-refractivity contribution >= 4 is 12.4 Å². The van der Waals surface area contributed by atoms with Crippen LogP contribution in [0, 0.1) is 13.8 Å². The van der Waals surface area contributed by atoms with Gasteiger partial charge in [-0.1, -0.05) is 23.8 Å². The summed E-state index contributed by atoms with van der Waals surface area (Å²) in [5, 5.41) is 0. The third-order valence-corrected chi connectivity index (χ3v) is 3.62. The van der Waals surface area contributed by atoms with Gasteiger partial charge in [0.05, 0.1) is 13.2 Å². The van der Waals surface area contributed by atoms with Gasteiger partial charge < -0.3 is 9.47 Å². The molecule has 4 heteroatoms. The first-order valence-electron chi connectivity index (χ1n) is 7.34. The van der Waals surface area contributed by atoms with Crippen LogP contribution < -0.4 is 4.74 Å². The number of aryl methyl sites for hydroxylation is 2. The lowest BCUT2D eigenvalue weighted by Gasteiger charge is -2.26. The fourth-order valence-corrected chi connectivity index (χ4v) is 2.66. The van der Waals surface area contributed by atoms with Crippen LogP contribution in [0.4, 0.5) is 0 Å². The summed E-state index contributed by atoms with van der Waals surface area (Å²) in [5.41, 5.74) is 3.73. The molecule has 0 bridgehead atoms. The molecule has 0 aliphatic carbocycles. The van der Waals surface area contributed by atoms with E-state index in [9.17, 15) is 0 Å². The summed E-state index contributed by atoms with van der Waals surface area (Å²) in [6.07, 6.45) is 2.79. The molecular formula is C17H26ClNO2. The van der Waals surface area contributed by atoms with Gasteiger partial charge in [0.15, 0.2) is 0 Å². The summed E-state index contributed by atoms with van der Waals surface area (Å²) in [6.45, 7) is 13.5. The van der Waals surface area contributed by atoms with Crippen molar-refractivity contribution in [3.63, 3.8) is 0 Å². The predicted molar refractivity (Wildman–Crippen MR) is 89.8 cm³/mol. The lowest BCUT2D eigenvalue weighted by Crippen LogP contribution is -2.38. The van der Waals surface area contributed by atoms with Gasteiger partial charge in [-0.3, -0.25) is 4.90 Å². The van der Waals surface area contributed by atoms with Crippen LogP contribution in [0.15, 0.2) is 24.8 Å². The third-order valence-electron chi connectivity index (χ3n) is 3.62. The van der Waals surface area contributed by atoms with Crippen LogP contribution in [0.3, 0.4) is 0 Å². The zero-order chi connectivity index (χ0) is 14.4. The maximum Gasteiger partial charge on any atom is 0.125 e. The molecule has 0 aromatic heterocycles. The van der Waals surface area contributed by atoms with Crippen LogP contribution in [-0.2, 0) is 11.2 Å². The summed E-state index contributed by atoms with van der Waals surface area (Å²) >= 11 is 0. The number of benzene rings is 1. The lowest BCUT2D eigenvalue weighted by molar-refractivity contribution is 0.0321. The Morgan fingerprint density at radius 2 is 2.00 bits per heavy atom. The second kappa shape index (κ2) is 9.08. The SMILES string of the molecule is C=CCc1cc(C)cc(C)c1OCCN1CCOCC1.Cl. The molecule has 21 heavy (non-hydrogen) atoms. The largest absolute Gasteiger partial charge is 0.492 e. The first-order valence-corrected chi connectivity index (χ1v) is 7.34. The highest BCUT2D eigenvalue weighted by Crippen LogP contribution is 2.26. The molecule has 1 aromatic carbocycles. The number of hydrogen-bond donors (Lipinski definition) is 0. The predicted octanol–water partition coefficient (Wildman–Crippen LogP) is 3.16. The third kappa shape index (κ3) is 5.34. The zero-order valence-electron chi connectivity index (χ0n) is 13.1. The van der Waals surface area contributed by atoms with Crippen molar-refractivity contribution in [2.24, 2.45) is 0 Å². The Kier molecular flexibility index (Phi) is 7.79. The maximum absolute atomic E-state index is 6.05. The van der Waals surface area contributed by atoms with E-state index in [0.29, 0.717) is 0 Å². The summed E-state index contributed by atoms with van der Waals surface area (Å²) in [5.74, 6) is 1.03. The molecule has 3 nitrogen and oxygen atoms in total.